The number of aliphatic hydroxyl groups excluding tert-OH is 2. The first-order valence-electron chi connectivity index (χ1n) is 10.6. The highest BCUT2D eigenvalue weighted by molar-refractivity contribution is 5.69. The van der Waals surface area contributed by atoms with Crippen LogP contribution in [-0.2, 0) is 14.3 Å². The molecule has 0 radical (unpaired) electrons. The van der Waals surface area contributed by atoms with E-state index >= 15 is 0 Å². The van der Waals surface area contributed by atoms with Crippen LogP contribution in [0, 0.1) is 0 Å². The molecule has 2 atom stereocenters. The van der Waals surface area contributed by atoms with E-state index < -0.39 is 12.2 Å². The molecule has 0 bridgehead atoms. The van der Waals surface area contributed by atoms with E-state index in [1.807, 2.05) is 0 Å². The third-order valence-corrected chi connectivity index (χ3v) is 4.73. The average molecular weight is 375 g/mol. The van der Waals surface area contributed by atoms with Gasteiger partial charge in [-0.25, -0.2) is 0 Å². The summed E-state index contributed by atoms with van der Waals surface area (Å²) in [5.74, 6) is -0.157. The SMILES string of the molecule is CCCCCCCCC(O)C(O)CCCCCCCC(=O)OCCOC. The van der Waals surface area contributed by atoms with Crippen molar-refractivity contribution >= 4 is 5.97 Å². The van der Waals surface area contributed by atoms with Gasteiger partial charge >= 0.3 is 5.97 Å². The second-order valence-corrected chi connectivity index (χ2v) is 7.21. The molecule has 0 spiro atoms. The predicted molar refractivity (Wildman–Crippen MR) is 105 cm³/mol. The maximum absolute atomic E-state index is 11.4. The van der Waals surface area contributed by atoms with Crippen LogP contribution in [0.2, 0.25) is 0 Å². The van der Waals surface area contributed by atoms with Crippen LogP contribution >= 0.6 is 0 Å². The quantitative estimate of drug-likeness (QED) is 0.259. The fraction of sp³-hybridized carbons (Fsp3) is 0.952. The highest BCUT2D eigenvalue weighted by Crippen LogP contribution is 2.15. The number of unbranched alkanes of at least 4 members (excludes halogenated alkanes) is 9. The van der Waals surface area contributed by atoms with Crippen molar-refractivity contribution in [3.8, 4) is 0 Å². The zero-order valence-corrected chi connectivity index (χ0v) is 17.1. The van der Waals surface area contributed by atoms with Crippen LogP contribution in [0.4, 0.5) is 0 Å². The first kappa shape index (κ1) is 25.4. The fourth-order valence-electron chi connectivity index (χ4n) is 2.98. The molecule has 0 aromatic heterocycles. The van der Waals surface area contributed by atoms with Gasteiger partial charge in [0.2, 0.25) is 0 Å². The fourth-order valence-corrected chi connectivity index (χ4v) is 2.98. The minimum Gasteiger partial charge on any atom is -0.463 e. The summed E-state index contributed by atoms with van der Waals surface area (Å²) in [6.45, 7) is 2.98. The van der Waals surface area contributed by atoms with Crippen LogP contribution in [0.25, 0.3) is 0 Å². The first-order chi connectivity index (χ1) is 12.6. The molecule has 0 aromatic rings. The first-order valence-corrected chi connectivity index (χ1v) is 10.6. The van der Waals surface area contributed by atoms with Gasteiger partial charge in [0.05, 0.1) is 18.8 Å². The summed E-state index contributed by atoms with van der Waals surface area (Å²) >= 11 is 0. The van der Waals surface area contributed by atoms with Gasteiger partial charge in [-0.15, -0.1) is 0 Å². The Morgan fingerprint density at radius 2 is 1.27 bits per heavy atom. The van der Waals surface area contributed by atoms with Gasteiger partial charge in [0.25, 0.3) is 0 Å². The number of ether oxygens (including phenoxy) is 2. The van der Waals surface area contributed by atoms with Gasteiger partial charge in [0, 0.05) is 13.5 Å². The van der Waals surface area contributed by atoms with Crippen molar-refractivity contribution in [3.05, 3.63) is 0 Å². The van der Waals surface area contributed by atoms with E-state index in [1.54, 1.807) is 7.11 Å². The number of rotatable bonds is 19. The van der Waals surface area contributed by atoms with Crippen molar-refractivity contribution in [2.24, 2.45) is 0 Å². The van der Waals surface area contributed by atoms with Crippen molar-refractivity contribution in [1.82, 2.24) is 0 Å². The van der Waals surface area contributed by atoms with Gasteiger partial charge in [0.1, 0.15) is 6.61 Å². The molecule has 0 aliphatic carbocycles. The minimum absolute atomic E-state index is 0.157. The normalized spacial score (nSPS) is 13.5. The molecule has 0 aliphatic heterocycles. The molecule has 5 nitrogen and oxygen atoms in total. The molecule has 0 saturated carbocycles. The summed E-state index contributed by atoms with van der Waals surface area (Å²) in [6.07, 6.45) is 12.7. The van der Waals surface area contributed by atoms with Gasteiger partial charge in [0.15, 0.2) is 0 Å². The lowest BCUT2D eigenvalue weighted by Gasteiger charge is -2.17. The third kappa shape index (κ3) is 16.8. The van der Waals surface area contributed by atoms with Crippen LogP contribution in [0.1, 0.15) is 96.8 Å². The van der Waals surface area contributed by atoms with E-state index in [9.17, 15) is 15.0 Å². The van der Waals surface area contributed by atoms with E-state index in [0.29, 0.717) is 32.5 Å². The molecule has 0 aliphatic rings. The Labute approximate surface area is 160 Å². The standard InChI is InChI=1S/C21H42O5/c1-3-4-5-6-8-11-14-19(22)20(23)15-12-9-7-10-13-16-21(24)26-18-17-25-2/h19-20,22-23H,3-18H2,1-2H3. The van der Waals surface area contributed by atoms with Crippen molar-refractivity contribution in [1.29, 1.82) is 0 Å². The maximum Gasteiger partial charge on any atom is 0.305 e. The molecule has 0 saturated heterocycles. The maximum atomic E-state index is 11.4. The van der Waals surface area contributed by atoms with Gasteiger partial charge < -0.3 is 19.7 Å². The zero-order chi connectivity index (χ0) is 19.5. The third-order valence-electron chi connectivity index (χ3n) is 4.73. The van der Waals surface area contributed by atoms with Crippen LogP contribution < -0.4 is 0 Å². The number of carbonyl (C=O) groups is 1. The number of hydrogen-bond donors (Lipinski definition) is 2. The van der Waals surface area contributed by atoms with Gasteiger partial charge in [-0.1, -0.05) is 71.1 Å². The molecule has 2 unspecified atom stereocenters. The molecule has 0 aromatic carbocycles. The summed E-state index contributed by atoms with van der Waals surface area (Å²) in [4.78, 5) is 11.4. The van der Waals surface area contributed by atoms with Gasteiger partial charge in [-0.3, -0.25) is 4.79 Å². The monoisotopic (exact) mass is 374 g/mol. The van der Waals surface area contributed by atoms with Gasteiger partial charge in [-0.05, 0) is 19.3 Å². The highest BCUT2D eigenvalue weighted by atomic mass is 16.6. The molecule has 26 heavy (non-hydrogen) atoms. The Hall–Kier alpha value is -0.650. The largest absolute Gasteiger partial charge is 0.463 e. The smallest absolute Gasteiger partial charge is 0.305 e. The van der Waals surface area contributed by atoms with E-state index in [4.69, 9.17) is 9.47 Å². The summed E-state index contributed by atoms with van der Waals surface area (Å²) in [6, 6.07) is 0. The average Bonchev–Trinajstić information content (AvgIpc) is 2.63. The van der Waals surface area contributed by atoms with Crippen LogP contribution in [0.15, 0.2) is 0 Å². The number of carbonyl (C=O) groups excluding carboxylic acids is 1. The highest BCUT2D eigenvalue weighted by Gasteiger charge is 2.15. The lowest BCUT2D eigenvalue weighted by Crippen LogP contribution is -2.25. The lowest BCUT2D eigenvalue weighted by atomic mass is 9.99. The van der Waals surface area contributed by atoms with E-state index in [1.165, 1.54) is 25.7 Å². The van der Waals surface area contributed by atoms with Crippen molar-refractivity contribution in [2.45, 2.75) is 109 Å². The number of esters is 1. The Bertz CT molecular complexity index is 309. The molecule has 0 heterocycles. The number of hydrogen-bond acceptors (Lipinski definition) is 5. The molecule has 156 valence electrons. The zero-order valence-electron chi connectivity index (χ0n) is 17.1. The Kier molecular flexibility index (Phi) is 18.6. The number of aliphatic hydroxyl groups is 2. The molecule has 0 amide bonds. The van der Waals surface area contributed by atoms with Crippen molar-refractivity contribution in [3.63, 3.8) is 0 Å². The molecule has 2 N–H and O–H groups in total. The van der Waals surface area contributed by atoms with E-state index in [0.717, 1.165) is 44.9 Å². The number of methoxy groups -OCH3 is 1. The topological polar surface area (TPSA) is 76.0 Å². The second-order valence-electron chi connectivity index (χ2n) is 7.21. The van der Waals surface area contributed by atoms with Crippen molar-refractivity contribution < 1.29 is 24.5 Å². The van der Waals surface area contributed by atoms with E-state index in [2.05, 4.69) is 6.92 Å². The molecule has 0 rings (SSSR count). The van der Waals surface area contributed by atoms with Crippen molar-refractivity contribution in [2.75, 3.05) is 20.3 Å². The van der Waals surface area contributed by atoms with Crippen LogP contribution in [0.3, 0.4) is 0 Å². The summed E-state index contributed by atoms with van der Waals surface area (Å²) in [5, 5.41) is 20.0. The summed E-state index contributed by atoms with van der Waals surface area (Å²) in [7, 11) is 1.58. The minimum atomic E-state index is -0.596. The Morgan fingerprint density at radius 3 is 1.81 bits per heavy atom. The molecule has 5 heteroatoms. The van der Waals surface area contributed by atoms with Crippen LogP contribution in [-0.4, -0.2) is 48.7 Å². The Morgan fingerprint density at radius 1 is 0.769 bits per heavy atom. The summed E-state index contributed by atoms with van der Waals surface area (Å²) < 4.78 is 9.83. The van der Waals surface area contributed by atoms with E-state index in [-0.39, 0.29) is 5.97 Å². The second kappa shape index (κ2) is 19.1. The molecular formula is C21H42O5. The van der Waals surface area contributed by atoms with Gasteiger partial charge in [-0.2, -0.15) is 0 Å². The van der Waals surface area contributed by atoms with Crippen LogP contribution in [0.5, 0.6) is 0 Å². The summed E-state index contributed by atoms with van der Waals surface area (Å²) in [5.41, 5.74) is 0. The molecule has 0 fully saturated rings. The lowest BCUT2D eigenvalue weighted by molar-refractivity contribution is -0.145. The Balaban J connectivity index is 3.41. The molecular weight excluding hydrogens is 332 g/mol. The predicted octanol–water partition coefficient (Wildman–Crippen LogP) is 4.38.